The van der Waals surface area contributed by atoms with Crippen molar-refractivity contribution in [2.75, 3.05) is 0 Å². The van der Waals surface area contributed by atoms with Gasteiger partial charge in [0.1, 0.15) is 11.2 Å². The Hall–Kier alpha value is -3.87. The molecule has 4 rings (SSSR count). The van der Waals surface area contributed by atoms with E-state index in [2.05, 4.69) is 5.32 Å². The largest absolute Gasteiger partial charge is 0.478 e. The lowest BCUT2D eigenvalue weighted by Gasteiger charge is -2.08. The maximum Gasteiger partial charge on any atom is 0.341 e. The Morgan fingerprint density at radius 2 is 1.82 bits per heavy atom. The molecule has 0 saturated heterocycles. The van der Waals surface area contributed by atoms with Crippen molar-refractivity contribution in [1.82, 2.24) is 5.32 Å². The summed E-state index contributed by atoms with van der Waals surface area (Å²) < 4.78 is 10.8. The minimum Gasteiger partial charge on any atom is -0.478 e. The van der Waals surface area contributed by atoms with Crippen molar-refractivity contribution < 1.29 is 23.5 Å². The second-order valence-corrected chi connectivity index (χ2v) is 6.40. The Morgan fingerprint density at radius 3 is 2.57 bits per heavy atom. The fourth-order valence-corrected chi connectivity index (χ4v) is 3.07. The molecule has 0 spiro atoms. The number of carboxylic acids is 1. The Bertz CT molecular complexity index is 1300. The number of furan rings is 1. The number of amides is 1. The zero-order valence-corrected chi connectivity index (χ0v) is 14.8. The number of aromatic carboxylic acids is 1. The number of aryl methyl sites for hydroxylation is 1. The molecule has 0 aliphatic heterocycles. The van der Waals surface area contributed by atoms with Crippen LogP contribution in [0.4, 0.5) is 0 Å². The zero-order chi connectivity index (χ0) is 19.8. The number of carbonyl (C=O) groups is 2. The second-order valence-electron chi connectivity index (χ2n) is 6.40. The topological polar surface area (TPSA) is 110 Å². The fourth-order valence-electron chi connectivity index (χ4n) is 3.07. The van der Waals surface area contributed by atoms with Gasteiger partial charge in [0.05, 0.1) is 29.5 Å². The molecule has 0 atom stereocenters. The number of rotatable bonds is 4. The van der Waals surface area contributed by atoms with Crippen molar-refractivity contribution >= 4 is 33.8 Å². The molecular formula is C21H15NO6. The first-order valence-electron chi connectivity index (χ1n) is 8.49. The monoisotopic (exact) mass is 377 g/mol. The van der Waals surface area contributed by atoms with Gasteiger partial charge in [-0.15, -0.1) is 0 Å². The number of fused-ring (bicyclic) bond motifs is 2. The van der Waals surface area contributed by atoms with Crippen LogP contribution in [0.2, 0.25) is 0 Å². The standard InChI is InChI=1S/C21H15NO6/c1-11-10-27-18-8-17-12(7-16(11)18)6-13(21(26)28-17)9-22-19(23)14-4-2-3-5-15(14)20(24)25/h2-8,10H,9H2,1H3,(H,22,23)(H,24,25). The van der Waals surface area contributed by atoms with E-state index in [4.69, 9.17) is 8.83 Å². The zero-order valence-electron chi connectivity index (χ0n) is 14.8. The van der Waals surface area contributed by atoms with Gasteiger partial charge in [0.25, 0.3) is 5.91 Å². The van der Waals surface area contributed by atoms with E-state index in [1.165, 1.54) is 18.2 Å². The van der Waals surface area contributed by atoms with E-state index in [-0.39, 0.29) is 23.2 Å². The smallest absolute Gasteiger partial charge is 0.341 e. The first-order valence-corrected chi connectivity index (χ1v) is 8.49. The Kier molecular flexibility index (Phi) is 4.19. The molecule has 0 aliphatic rings. The molecule has 0 radical (unpaired) electrons. The lowest BCUT2D eigenvalue weighted by atomic mass is 10.1. The molecule has 0 saturated carbocycles. The van der Waals surface area contributed by atoms with Gasteiger partial charge in [-0.3, -0.25) is 4.79 Å². The number of hydrogen-bond acceptors (Lipinski definition) is 5. The van der Waals surface area contributed by atoms with E-state index in [9.17, 15) is 19.5 Å². The third-order valence-electron chi connectivity index (χ3n) is 4.54. The molecule has 0 aliphatic carbocycles. The van der Waals surface area contributed by atoms with Crippen LogP contribution in [-0.4, -0.2) is 17.0 Å². The van der Waals surface area contributed by atoms with Gasteiger partial charge in [0.15, 0.2) is 0 Å². The van der Waals surface area contributed by atoms with E-state index in [1.54, 1.807) is 24.5 Å². The van der Waals surface area contributed by atoms with Crippen molar-refractivity contribution in [3.63, 3.8) is 0 Å². The van der Waals surface area contributed by atoms with Gasteiger partial charge >= 0.3 is 11.6 Å². The SMILES string of the molecule is Cc1coc2cc3oc(=O)c(CNC(=O)c4ccccc4C(=O)O)cc3cc12. The van der Waals surface area contributed by atoms with E-state index in [1.807, 2.05) is 13.0 Å². The van der Waals surface area contributed by atoms with Crippen LogP contribution in [0.25, 0.3) is 21.9 Å². The third kappa shape index (κ3) is 3.03. The van der Waals surface area contributed by atoms with Crippen LogP contribution in [0.1, 0.15) is 31.8 Å². The summed E-state index contributed by atoms with van der Waals surface area (Å²) in [6, 6.07) is 11.0. The van der Waals surface area contributed by atoms with Crippen molar-refractivity contribution in [2.45, 2.75) is 13.5 Å². The normalized spacial score (nSPS) is 11.0. The number of carbonyl (C=O) groups excluding carboxylic acids is 1. The Labute approximate surface area is 158 Å². The highest BCUT2D eigenvalue weighted by molar-refractivity contribution is 6.04. The summed E-state index contributed by atoms with van der Waals surface area (Å²) in [4.78, 5) is 35.9. The molecule has 140 valence electrons. The summed E-state index contributed by atoms with van der Waals surface area (Å²) in [6.07, 6.45) is 1.63. The highest BCUT2D eigenvalue weighted by Crippen LogP contribution is 2.26. The van der Waals surface area contributed by atoms with Crippen molar-refractivity contribution in [1.29, 1.82) is 0 Å². The Morgan fingerprint density at radius 1 is 1.07 bits per heavy atom. The summed E-state index contributed by atoms with van der Waals surface area (Å²) in [5.41, 5.74) is 1.57. The van der Waals surface area contributed by atoms with Crippen LogP contribution >= 0.6 is 0 Å². The minimum atomic E-state index is -1.20. The maximum atomic E-state index is 12.4. The van der Waals surface area contributed by atoms with Gasteiger partial charge in [0, 0.05) is 16.8 Å². The molecule has 2 aromatic carbocycles. The predicted molar refractivity (Wildman–Crippen MR) is 102 cm³/mol. The van der Waals surface area contributed by atoms with Crippen LogP contribution in [0.15, 0.2) is 62.4 Å². The third-order valence-corrected chi connectivity index (χ3v) is 4.54. The molecular weight excluding hydrogens is 362 g/mol. The summed E-state index contributed by atoms with van der Waals surface area (Å²) in [5, 5.41) is 13.4. The van der Waals surface area contributed by atoms with Gasteiger partial charge in [-0.25, -0.2) is 9.59 Å². The van der Waals surface area contributed by atoms with Crippen molar-refractivity contribution in [3.8, 4) is 0 Å². The van der Waals surface area contributed by atoms with E-state index in [0.717, 1.165) is 10.9 Å². The quantitative estimate of drug-likeness (QED) is 0.527. The van der Waals surface area contributed by atoms with E-state index >= 15 is 0 Å². The van der Waals surface area contributed by atoms with Crippen LogP contribution in [0.5, 0.6) is 0 Å². The molecule has 7 nitrogen and oxygen atoms in total. The molecule has 1 amide bonds. The number of hydrogen-bond donors (Lipinski definition) is 2. The van der Waals surface area contributed by atoms with Gasteiger partial charge in [-0.05, 0) is 36.8 Å². The van der Waals surface area contributed by atoms with E-state index < -0.39 is 17.5 Å². The molecule has 2 heterocycles. The maximum absolute atomic E-state index is 12.4. The van der Waals surface area contributed by atoms with E-state index in [0.29, 0.717) is 16.6 Å². The summed E-state index contributed by atoms with van der Waals surface area (Å²) in [5.74, 6) is -1.78. The van der Waals surface area contributed by atoms with Gasteiger partial charge in [0.2, 0.25) is 0 Å². The fraction of sp³-hybridized carbons (Fsp3) is 0.0952. The predicted octanol–water partition coefficient (Wildman–Crippen LogP) is 3.48. The molecule has 2 aromatic heterocycles. The molecule has 2 N–H and O–H groups in total. The molecule has 0 fully saturated rings. The van der Waals surface area contributed by atoms with Gasteiger partial charge in [-0.2, -0.15) is 0 Å². The molecule has 7 heteroatoms. The van der Waals surface area contributed by atoms with Crippen LogP contribution in [0, 0.1) is 6.92 Å². The average Bonchev–Trinajstić information content (AvgIpc) is 3.04. The summed E-state index contributed by atoms with van der Waals surface area (Å²) in [7, 11) is 0. The number of nitrogens with one attached hydrogen (secondary N) is 1. The second kappa shape index (κ2) is 6.70. The first-order chi connectivity index (χ1) is 13.4. The molecule has 28 heavy (non-hydrogen) atoms. The summed E-state index contributed by atoms with van der Waals surface area (Å²) >= 11 is 0. The van der Waals surface area contributed by atoms with Gasteiger partial charge in [-0.1, -0.05) is 12.1 Å². The number of carboxylic acid groups (broad SMARTS) is 1. The molecule has 0 bridgehead atoms. The molecule has 4 aromatic rings. The molecule has 0 unspecified atom stereocenters. The summed E-state index contributed by atoms with van der Waals surface area (Å²) in [6.45, 7) is 1.82. The average molecular weight is 377 g/mol. The van der Waals surface area contributed by atoms with Crippen LogP contribution in [-0.2, 0) is 6.54 Å². The highest BCUT2D eigenvalue weighted by Gasteiger charge is 2.16. The lowest BCUT2D eigenvalue weighted by Crippen LogP contribution is -2.27. The lowest BCUT2D eigenvalue weighted by molar-refractivity contribution is 0.0691. The number of benzene rings is 2. The first kappa shape index (κ1) is 17.5. The van der Waals surface area contributed by atoms with Gasteiger partial charge < -0.3 is 19.3 Å². The van der Waals surface area contributed by atoms with Crippen molar-refractivity contribution in [2.24, 2.45) is 0 Å². The van der Waals surface area contributed by atoms with Crippen LogP contribution < -0.4 is 10.9 Å². The minimum absolute atomic E-state index is 0.0240. The van der Waals surface area contributed by atoms with Crippen molar-refractivity contribution in [3.05, 3.63) is 81.4 Å². The Balaban J connectivity index is 1.64. The van der Waals surface area contributed by atoms with Crippen LogP contribution in [0.3, 0.4) is 0 Å². The highest BCUT2D eigenvalue weighted by atomic mass is 16.4.